The molecular weight excluding hydrogens is 334 g/mol. The third-order valence-corrected chi connectivity index (χ3v) is 3.94. The van der Waals surface area contributed by atoms with Gasteiger partial charge in [0.25, 0.3) is 11.8 Å². The van der Waals surface area contributed by atoms with Gasteiger partial charge < -0.3 is 5.11 Å². The molecule has 0 aromatic heterocycles. The minimum atomic E-state index is -0.286. The molecule has 4 nitrogen and oxygen atoms in total. The lowest BCUT2D eigenvalue weighted by Crippen LogP contribution is -2.29. The van der Waals surface area contributed by atoms with Crippen molar-refractivity contribution in [3.8, 4) is 0 Å². The highest BCUT2D eigenvalue weighted by atomic mass is 79.9. The number of amides is 2. The molecule has 0 unspecified atom stereocenters. The van der Waals surface area contributed by atoms with Gasteiger partial charge in [0.05, 0.1) is 24.3 Å². The van der Waals surface area contributed by atoms with E-state index in [-0.39, 0.29) is 25.0 Å². The summed E-state index contributed by atoms with van der Waals surface area (Å²) < 4.78 is 0.770. The Morgan fingerprint density at radius 1 is 0.952 bits per heavy atom. The van der Waals surface area contributed by atoms with Crippen LogP contribution >= 0.6 is 15.9 Å². The van der Waals surface area contributed by atoms with Crippen LogP contribution in [0.5, 0.6) is 0 Å². The third-order valence-electron chi connectivity index (χ3n) is 3.45. The van der Waals surface area contributed by atoms with Crippen molar-refractivity contribution in [1.29, 1.82) is 0 Å². The summed E-state index contributed by atoms with van der Waals surface area (Å²) in [6.07, 6.45) is 0. The Hall–Kier alpha value is -1.98. The van der Waals surface area contributed by atoms with Crippen molar-refractivity contribution in [3.05, 3.63) is 69.2 Å². The molecule has 1 aliphatic rings. The lowest BCUT2D eigenvalue weighted by molar-refractivity contribution is 0.0642. The number of rotatable bonds is 3. The van der Waals surface area contributed by atoms with Gasteiger partial charge in [-0.15, -0.1) is 0 Å². The topological polar surface area (TPSA) is 57.6 Å². The molecule has 0 aliphatic carbocycles. The number of halogens is 1. The lowest BCUT2D eigenvalue weighted by Gasteiger charge is -2.14. The number of aliphatic hydroxyl groups is 1. The Balaban J connectivity index is 1.91. The quantitative estimate of drug-likeness (QED) is 0.870. The van der Waals surface area contributed by atoms with Crippen LogP contribution in [0, 0.1) is 0 Å². The highest BCUT2D eigenvalue weighted by molar-refractivity contribution is 9.10. The first kappa shape index (κ1) is 14.0. The predicted molar refractivity (Wildman–Crippen MR) is 80.7 cm³/mol. The average Bonchev–Trinajstić information content (AvgIpc) is 2.72. The summed E-state index contributed by atoms with van der Waals surface area (Å²) in [5.41, 5.74) is 2.43. The molecule has 21 heavy (non-hydrogen) atoms. The van der Waals surface area contributed by atoms with Crippen molar-refractivity contribution in [2.24, 2.45) is 0 Å². The highest BCUT2D eigenvalue weighted by Gasteiger charge is 2.35. The van der Waals surface area contributed by atoms with Crippen LogP contribution in [0.2, 0.25) is 0 Å². The van der Waals surface area contributed by atoms with Crippen LogP contribution in [-0.2, 0) is 13.2 Å². The van der Waals surface area contributed by atoms with Crippen molar-refractivity contribution in [1.82, 2.24) is 4.90 Å². The Morgan fingerprint density at radius 3 is 2.43 bits per heavy atom. The molecule has 2 aromatic carbocycles. The smallest absolute Gasteiger partial charge is 0.261 e. The van der Waals surface area contributed by atoms with Crippen molar-refractivity contribution in [2.45, 2.75) is 13.2 Å². The highest BCUT2D eigenvalue weighted by Crippen LogP contribution is 2.27. The van der Waals surface area contributed by atoms with Gasteiger partial charge in [-0.05, 0) is 29.3 Å². The first-order chi connectivity index (χ1) is 10.1. The van der Waals surface area contributed by atoms with E-state index in [4.69, 9.17) is 5.11 Å². The largest absolute Gasteiger partial charge is 0.392 e. The number of hydrogen-bond acceptors (Lipinski definition) is 3. The Labute approximate surface area is 130 Å². The summed E-state index contributed by atoms with van der Waals surface area (Å²) in [7, 11) is 0. The maximum Gasteiger partial charge on any atom is 0.261 e. The maximum atomic E-state index is 12.4. The van der Waals surface area contributed by atoms with E-state index in [9.17, 15) is 9.59 Å². The number of fused-ring (bicyclic) bond motifs is 1. The number of nitrogens with zero attached hydrogens (tertiary/aromatic N) is 1. The number of carbonyl (C=O) groups is 2. The molecule has 0 spiro atoms. The predicted octanol–water partition coefficient (Wildman–Crippen LogP) is 2.74. The van der Waals surface area contributed by atoms with Crippen LogP contribution in [0.25, 0.3) is 0 Å². The minimum Gasteiger partial charge on any atom is -0.392 e. The second kappa shape index (κ2) is 5.42. The summed E-state index contributed by atoms with van der Waals surface area (Å²) in [6.45, 7) is 0.140. The van der Waals surface area contributed by atoms with Crippen LogP contribution in [0.3, 0.4) is 0 Å². The molecule has 5 heteroatoms. The molecule has 106 valence electrons. The zero-order valence-electron chi connectivity index (χ0n) is 11.0. The van der Waals surface area contributed by atoms with E-state index in [1.54, 1.807) is 36.4 Å². The molecule has 0 radical (unpaired) electrons. The van der Waals surface area contributed by atoms with Crippen LogP contribution in [0.4, 0.5) is 0 Å². The molecule has 2 amide bonds. The van der Waals surface area contributed by atoms with Gasteiger partial charge in [-0.2, -0.15) is 0 Å². The standard InChI is InChI=1S/C16H12BrNO3/c17-12-4-5-13-14(7-12)16(21)18(15(13)20)8-10-2-1-3-11(6-10)9-19/h1-7,19H,8-9H2. The summed E-state index contributed by atoms with van der Waals surface area (Å²) in [6, 6.07) is 12.3. The number of imide groups is 1. The molecule has 0 bridgehead atoms. The van der Waals surface area contributed by atoms with Gasteiger partial charge in [0.1, 0.15) is 0 Å². The molecule has 0 saturated heterocycles. The Bertz CT molecular complexity index is 742. The summed E-state index contributed by atoms with van der Waals surface area (Å²) >= 11 is 3.31. The van der Waals surface area contributed by atoms with Gasteiger partial charge in [0.2, 0.25) is 0 Å². The van der Waals surface area contributed by atoms with Crippen LogP contribution in [0.15, 0.2) is 46.9 Å². The molecule has 1 aliphatic heterocycles. The molecule has 1 heterocycles. The fraction of sp³-hybridized carbons (Fsp3) is 0.125. The van der Waals surface area contributed by atoms with Gasteiger partial charge >= 0.3 is 0 Å². The van der Waals surface area contributed by atoms with Gasteiger partial charge in [-0.3, -0.25) is 14.5 Å². The second-order valence-electron chi connectivity index (χ2n) is 4.86. The van der Waals surface area contributed by atoms with Crippen molar-refractivity contribution in [2.75, 3.05) is 0 Å². The zero-order valence-corrected chi connectivity index (χ0v) is 12.6. The normalized spacial score (nSPS) is 13.7. The van der Waals surface area contributed by atoms with E-state index < -0.39 is 0 Å². The minimum absolute atomic E-state index is 0.0666. The second-order valence-corrected chi connectivity index (χ2v) is 5.78. The molecule has 2 aromatic rings. The van der Waals surface area contributed by atoms with E-state index in [0.29, 0.717) is 11.1 Å². The van der Waals surface area contributed by atoms with Crippen molar-refractivity contribution >= 4 is 27.7 Å². The first-order valence-corrected chi connectivity index (χ1v) is 7.24. The molecular formula is C16H12BrNO3. The first-order valence-electron chi connectivity index (χ1n) is 6.44. The Morgan fingerprint density at radius 2 is 1.67 bits per heavy atom. The summed E-state index contributed by atoms with van der Waals surface area (Å²) in [5, 5.41) is 9.15. The number of aliphatic hydroxyl groups excluding tert-OH is 1. The monoisotopic (exact) mass is 345 g/mol. The van der Waals surface area contributed by atoms with Crippen molar-refractivity contribution in [3.63, 3.8) is 0 Å². The van der Waals surface area contributed by atoms with E-state index >= 15 is 0 Å². The van der Waals surface area contributed by atoms with Crippen molar-refractivity contribution < 1.29 is 14.7 Å². The molecule has 1 N–H and O–H groups in total. The van der Waals surface area contributed by atoms with Gasteiger partial charge in [0, 0.05) is 4.47 Å². The number of benzene rings is 2. The summed E-state index contributed by atoms with van der Waals surface area (Å²) in [4.78, 5) is 25.9. The molecule has 0 atom stereocenters. The Kier molecular flexibility index (Phi) is 3.61. The lowest BCUT2D eigenvalue weighted by atomic mass is 10.1. The number of carbonyl (C=O) groups excluding carboxylic acids is 2. The van der Waals surface area contributed by atoms with Gasteiger partial charge in [-0.1, -0.05) is 40.2 Å². The maximum absolute atomic E-state index is 12.4. The van der Waals surface area contributed by atoms with E-state index in [0.717, 1.165) is 15.6 Å². The van der Waals surface area contributed by atoms with Gasteiger partial charge in [0.15, 0.2) is 0 Å². The van der Waals surface area contributed by atoms with E-state index in [1.165, 1.54) is 4.90 Å². The van der Waals surface area contributed by atoms with Crippen LogP contribution in [0.1, 0.15) is 31.8 Å². The molecule has 0 saturated carbocycles. The van der Waals surface area contributed by atoms with E-state index in [1.807, 2.05) is 6.07 Å². The SMILES string of the molecule is O=C1c2ccc(Br)cc2C(=O)N1Cc1cccc(CO)c1. The van der Waals surface area contributed by atoms with E-state index in [2.05, 4.69) is 15.9 Å². The summed E-state index contributed by atoms with van der Waals surface area (Å²) in [5.74, 6) is -0.567. The van der Waals surface area contributed by atoms with Gasteiger partial charge in [-0.25, -0.2) is 0 Å². The van der Waals surface area contributed by atoms with Crippen LogP contribution in [-0.4, -0.2) is 21.8 Å². The molecule has 0 fully saturated rings. The van der Waals surface area contributed by atoms with Crippen LogP contribution < -0.4 is 0 Å². The third kappa shape index (κ3) is 2.50. The fourth-order valence-electron chi connectivity index (χ4n) is 2.42. The molecule has 3 rings (SSSR count). The zero-order chi connectivity index (χ0) is 15.0. The number of hydrogen-bond donors (Lipinski definition) is 1. The fourth-order valence-corrected chi connectivity index (χ4v) is 2.78. The average molecular weight is 346 g/mol.